The Kier molecular flexibility index (Phi) is 7.38. The quantitative estimate of drug-likeness (QED) is 0.578. The normalized spacial score (nSPS) is 10.6. The molecule has 0 atom stereocenters. The Morgan fingerprint density at radius 1 is 0.933 bits per heavy atom. The monoisotopic (exact) mass is 404 g/mol. The predicted molar refractivity (Wildman–Crippen MR) is 119 cm³/mol. The van der Waals surface area contributed by atoms with Gasteiger partial charge in [-0.1, -0.05) is 62.4 Å². The molecule has 30 heavy (non-hydrogen) atoms. The molecule has 156 valence electrons. The fourth-order valence-corrected chi connectivity index (χ4v) is 3.37. The molecule has 0 aliphatic rings. The summed E-state index contributed by atoms with van der Waals surface area (Å²) in [5.41, 5.74) is 2.10. The van der Waals surface area contributed by atoms with Gasteiger partial charge in [0.2, 0.25) is 5.91 Å². The number of hydrogen-bond donors (Lipinski definition) is 1. The number of nitrogens with one attached hydrogen (secondary N) is 1. The Labute approximate surface area is 177 Å². The van der Waals surface area contributed by atoms with E-state index in [-0.39, 0.29) is 18.2 Å². The van der Waals surface area contributed by atoms with Crippen molar-refractivity contribution in [2.24, 2.45) is 0 Å². The molecule has 0 aliphatic carbocycles. The van der Waals surface area contributed by atoms with Crippen LogP contribution in [-0.4, -0.2) is 39.6 Å². The fourth-order valence-electron chi connectivity index (χ4n) is 3.37. The Morgan fingerprint density at radius 2 is 1.53 bits per heavy atom. The van der Waals surface area contributed by atoms with Crippen LogP contribution in [0.25, 0.3) is 5.69 Å². The third-order valence-corrected chi connectivity index (χ3v) is 4.74. The average molecular weight is 405 g/mol. The minimum absolute atomic E-state index is 0.115. The lowest BCUT2D eigenvalue weighted by molar-refractivity contribution is -0.115. The number of anilines is 1. The van der Waals surface area contributed by atoms with Gasteiger partial charge in [-0.15, -0.1) is 0 Å². The summed E-state index contributed by atoms with van der Waals surface area (Å²) in [5.74, 6) is 0.102. The molecule has 0 bridgehead atoms. The van der Waals surface area contributed by atoms with Crippen molar-refractivity contribution in [1.29, 1.82) is 0 Å². The van der Waals surface area contributed by atoms with Crippen LogP contribution in [0.15, 0.2) is 66.9 Å². The molecule has 6 heteroatoms. The molecule has 1 heterocycles. The van der Waals surface area contributed by atoms with Crippen molar-refractivity contribution in [1.82, 2.24) is 14.7 Å². The van der Waals surface area contributed by atoms with Gasteiger partial charge in [0.05, 0.1) is 18.3 Å². The van der Waals surface area contributed by atoms with Crippen molar-refractivity contribution in [2.45, 2.75) is 33.1 Å². The minimum atomic E-state index is -0.189. The number of para-hydroxylation sites is 1. The molecular formula is C24H28N4O2. The van der Waals surface area contributed by atoms with E-state index < -0.39 is 0 Å². The molecule has 0 unspecified atom stereocenters. The van der Waals surface area contributed by atoms with E-state index in [1.54, 1.807) is 10.9 Å². The lowest BCUT2D eigenvalue weighted by Crippen LogP contribution is -2.33. The molecule has 3 aromatic rings. The average Bonchev–Trinajstić information content (AvgIpc) is 3.17. The van der Waals surface area contributed by atoms with Crippen LogP contribution in [0.2, 0.25) is 0 Å². The minimum Gasteiger partial charge on any atom is -0.339 e. The first-order chi connectivity index (χ1) is 14.6. The van der Waals surface area contributed by atoms with E-state index in [0.29, 0.717) is 24.5 Å². The van der Waals surface area contributed by atoms with Gasteiger partial charge >= 0.3 is 0 Å². The zero-order valence-electron chi connectivity index (χ0n) is 17.5. The van der Waals surface area contributed by atoms with E-state index in [4.69, 9.17) is 0 Å². The van der Waals surface area contributed by atoms with Gasteiger partial charge in [-0.25, -0.2) is 4.68 Å². The Bertz CT molecular complexity index is 961. The molecular weight excluding hydrogens is 376 g/mol. The van der Waals surface area contributed by atoms with Crippen LogP contribution in [0, 0.1) is 0 Å². The van der Waals surface area contributed by atoms with E-state index in [9.17, 15) is 9.59 Å². The third kappa shape index (κ3) is 5.14. The zero-order valence-corrected chi connectivity index (χ0v) is 17.5. The van der Waals surface area contributed by atoms with Crippen molar-refractivity contribution in [3.8, 4) is 5.69 Å². The van der Waals surface area contributed by atoms with Gasteiger partial charge < -0.3 is 10.2 Å². The summed E-state index contributed by atoms with van der Waals surface area (Å²) < 4.78 is 1.62. The topological polar surface area (TPSA) is 67.2 Å². The second-order valence-electron chi connectivity index (χ2n) is 7.16. The van der Waals surface area contributed by atoms with E-state index in [1.807, 2.05) is 79.4 Å². The molecule has 0 saturated carbocycles. The van der Waals surface area contributed by atoms with Crippen LogP contribution >= 0.6 is 0 Å². The first-order valence-electron chi connectivity index (χ1n) is 10.4. The number of aromatic nitrogens is 2. The van der Waals surface area contributed by atoms with Gasteiger partial charge in [-0.2, -0.15) is 5.10 Å². The van der Waals surface area contributed by atoms with Gasteiger partial charge in [0.25, 0.3) is 5.91 Å². The van der Waals surface area contributed by atoms with Crippen LogP contribution in [0.5, 0.6) is 0 Å². The Balaban J connectivity index is 1.94. The van der Waals surface area contributed by atoms with Crippen molar-refractivity contribution in [2.75, 3.05) is 18.4 Å². The summed E-state index contributed by atoms with van der Waals surface area (Å²) in [6, 6.07) is 19.0. The fraction of sp³-hybridized carbons (Fsp3) is 0.292. The number of amides is 2. The van der Waals surface area contributed by atoms with Crippen LogP contribution in [-0.2, 0) is 11.2 Å². The predicted octanol–water partition coefficient (Wildman–Crippen LogP) is 4.32. The molecule has 0 radical (unpaired) electrons. The van der Waals surface area contributed by atoms with E-state index in [2.05, 4.69) is 10.4 Å². The molecule has 0 spiro atoms. The number of benzene rings is 2. The molecule has 1 N–H and O–H groups in total. The van der Waals surface area contributed by atoms with Crippen molar-refractivity contribution < 1.29 is 9.59 Å². The van der Waals surface area contributed by atoms with Crippen molar-refractivity contribution >= 4 is 17.6 Å². The number of nitrogens with zero attached hydrogens (tertiary/aromatic N) is 3. The van der Waals surface area contributed by atoms with Gasteiger partial charge in [-0.05, 0) is 30.5 Å². The van der Waals surface area contributed by atoms with Gasteiger partial charge in [0, 0.05) is 13.1 Å². The number of hydrogen-bond acceptors (Lipinski definition) is 3. The molecule has 0 fully saturated rings. The second-order valence-corrected chi connectivity index (χ2v) is 7.16. The standard InChI is InChI=1S/C24H28N4O2/c1-3-15-27(16-4-2)24(30)21-18-25-28(20-13-9-6-10-14-20)23(21)26-22(29)17-19-11-7-5-8-12-19/h5-14,18H,3-4,15-17H2,1-2H3,(H,26,29). The molecule has 2 aromatic carbocycles. The molecule has 0 aliphatic heterocycles. The first kappa shape index (κ1) is 21.3. The lowest BCUT2D eigenvalue weighted by atomic mass is 10.1. The maximum absolute atomic E-state index is 13.3. The second kappa shape index (κ2) is 10.4. The molecule has 6 nitrogen and oxygen atoms in total. The maximum Gasteiger partial charge on any atom is 0.259 e. The molecule has 1 aromatic heterocycles. The first-order valence-corrected chi connectivity index (χ1v) is 10.4. The largest absolute Gasteiger partial charge is 0.339 e. The summed E-state index contributed by atoms with van der Waals surface area (Å²) in [6.45, 7) is 5.43. The molecule has 3 rings (SSSR count). The Morgan fingerprint density at radius 3 is 2.13 bits per heavy atom. The SMILES string of the molecule is CCCN(CCC)C(=O)c1cnn(-c2ccccc2)c1NC(=O)Cc1ccccc1. The summed E-state index contributed by atoms with van der Waals surface area (Å²) in [5, 5.41) is 7.36. The highest BCUT2D eigenvalue weighted by atomic mass is 16.2. The van der Waals surface area contributed by atoms with Crippen LogP contribution < -0.4 is 5.32 Å². The number of rotatable bonds is 9. The lowest BCUT2D eigenvalue weighted by Gasteiger charge is -2.21. The molecule has 2 amide bonds. The van der Waals surface area contributed by atoms with Crippen LogP contribution in [0.3, 0.4) is 0 Å². The summed E-state index contributed by atoms with van der Waals surface area (Å²) in [4.78, 5) is 27.9. The van der Waals surface area contributed by atoms with Crippen molar-refractivity contribution in [3.05, 3.63) is 78.0 Å². The van der Waals surface area contributed by atoms with Crippen LogP contribution in [0.4, 0.5) is 5.82 Å². The highest BCUT2D eigenvalue weighted by Gasteiger charge is 2.24. The number of carbonyl (C=O) groups excluding carboxylic acids is 2. The molecule has 0 saturated heterocycles. The van der Waals surface area contributed by atoms with Gasteiger partial charge in [-0.3, -0.25) is 9.59 Å². The highest BCUT2D eigenvalue weighted by Crippen LogP contribution is 2.22. The highest BCUT2D eigenvalue weighted by molar-refractivity contribution is 6.03. The van der Waals surface area contributed by atoms with Gasteiger partial charge in [0.1, 0.15) is 11.4 Å². The number of carbonyl (C=O) groups is 2. The maximum atomic E-state index is 13.3. The third-order valence-electron chi connectivity index (χ3n) is 4.74. The van der Waals surface area contributed by atoms with Crippen molar-refractivity contribution in [3.63, 3.8) is 0 Å². The smallest absolute Gasteiger partial charge is 0.259 e. The van der Waals surface area contributed by atoms with Gasteiger partial charge in [0.15, 0.2) is 0 Å². The van der Waals surface area contributed by atoms with E-state index in [0.717, 1.165) is 24.1 Å². The van der Waals surface area contributed by atoms with E-state index in [1.165, 1.54) is 0 Å². The Hall–Kier alpha value is -3.41. The summed E-state index contributed by atoms with van der Waals surface area (Å²) in [7, 11) is 0. The summed E-state index contributed by atoms with van der Waals surface area (Å²) in [6.07, 6.45) is 3.51. The summed E-state index contributed by atoms with van der Waals surface area (Å²) >= 11 is 0. The zero-order chi connectivity index (χ0) is 21.3. The van der Waals surface area contributed by atoms with E-state index >= 15 is 0 Å². The van der Waals surface area contributed by atoms with Crippen LogP contribution in [0.1, 0.15) is 42.6 Å².